The normalized spacial score (nSPS) is 13.7. The number of aliphatic hydroxyl groups excluding tert-OH is 1. The fraction of sp³-hybridized carbons (Fsp3) is 0.667. The number of hydrogen-bond acceptors (Lipinski definition) is 2. The van der Waals surface area contributed by atoms with E-state index in [9.17, 15) is 4.79 Å². The second kappa shape index (κ2) is 4.26. The molecule has 0 aromatic carbocycles. The monoisotopic (exact) mass is 171 g/mol. The molecule has 0 spiro atoms. The molecule has 0 saturated carbocycles. The van der Waals surface area contributed by atoms with Gasteiger partial charge in [0.1, 0.15) is 0 Å². The van der Waals surface area contributed by atoms with Gasteiger partial charge in [-0.25, -0.2) is 0 Å². The van der Waals surface area contributed by atoms with Crippen molar-refractivity contribution in [1.29, 1.82) is 0 Å². The van der Waals surface area contributed by atoms with Crippen LogP contribution in [0.15, 0.2) is 12.7 Å². The summed E-state index contributed by atoms with van der Waals surface area (Å²) in [4.78, 5) is 11.3. The van der Waals surface area contributed by atoms with Crippen molar-refractivity contribution in [2.45, 2.75) is 26.8 Å². The smallest absolute Gasteiger partial charge is 0.225 e. The van der Waals surface area contributed by atoms with Crippen molar-refractivity contribution in [3.05, 3.63) is 12.7 Å². The Labute approximate surface area is 73.5 Å². The first-order valence-corrected chi connectivity index (χ1v) is 3.96. The van der Waals surface area contributed by atoms with Gasteiger partial charge in [-0.1, -0.05) is 26.8 Å². The second-order valence-corrected chi connectivity index (χ2v) is 3.75. The van der Waals surface area contributed by atoms with E-state index >= 15 is 0 Å². The average molecular weight is 171 g/mol. The van der Waals surface area contributed by atoms with Crippen LogP contribution in [-0.4, -0.2) is 23.7 Å². The molecule has 1 amide bonds. The topological polar surface area (TPSA) is 49.3 Å². The summed E-state index contributed by atoms with van der Waals surface area (Å²) in [5.41, 5.74) is -0.420. The number of nitrogens with one attached hydrogen (secondary N) is 1. The number of rotatable bonds is 3. The third-order valence-electron chi connectivity index (χ3n) is 1.48. The number of amides is 1. The zero-order chi connectivity index (χ0) is 9.78. The average Bonchev–Trinajstić information content (AvgIpc) is 1.97. The molecule has 0 rings (SSSR count). The minimum Gasteiger partial charge on any atom is -0.394 e. The molecule has 0 bridgehead atoms. The summed E-state index contributed by atoms with van der Waals surface area (Å²) < 4.78 is 0. The van der Waals surface area contributed by atoms with Crippen LogP contribution in [0.5, 0.6) is 0 Å². The Bertz CT molecular complexity index is 170. The van der Waals surface area contributed by atoms with E-state index in [1.54, 1.807) is 0 Å². The van der Waals surface area contributed by atoms with Crippen molar-refractivity contribution < 1.29 is 9.90 Å². The lowest BCUT2D eigenvalue weighted by Gasteiger charge is -2.20. The third kappa shape index (κ3) is 3.53. The molecule has 3 nitrogen and oxygen atoms in total. The van der Waals surface area contributed by atoms with E-state index < -0.39 is 5.41 Å². The van der Waals surface area contributed by atoms with E-state index in [4.69, 9.17) is 5.11 Å². The first kappa shape index (κ1) is 11.2. The van der Waals surface area contributed by atoms with Crippen LogP contribution in [0.2, 0.25) is 0 Å². The molecule has 0 aliphatic heterocycles. The zero-order valence-corrected chi connectivity index (χ0v) is 7.92. The molecule has 70 valence electrons. The Balaban J connectivity index is 4.08. The minimum absolute atomic E-state index is 0.0820. The summed E-state index contributed by atoms with van der Waals surface area (Å²) in [5, 5.41) is 11.4. The highest BCUT2D eigenvalue weighted by molar-refractivity contribution is 5.81. The summed E-state index contributed by atoms with van der Waals surface area (Å²) >= 11 is 0. The molecule has 1 atom stereocenters. The molecule has 0 fully saturated rings. The summed E-state index contributed by atoms with van der Waals surface area (Å²) in [6.07, 6.45) is 1.52. The highest BCUT2D eigenvalue weighted by Crippen LogP contribution is 2.12. The maximum Gasteiger partial charge on any atom is 0.225 e. The molecule has 3 heteroatoms. The van der Waals surface area contributed by atoms with Crippen molar-refractivity contribution in [2.75, 3.05) is 6.61 Å². The third-order valence-corrected chi connectivity index (χ3v) is 1.48. The number of aliphatic hydroxyl groups is 1. The highest BCUT2D eigenvalue weighted by Gasteiger charge is 2.22. The van der Waals surface area contributed by atoms with Crippen molar-refractivity contribution in [3.8, 4) is 0 Å². The van der Waals surface area contributed by atoms with Crippen LogP contribution in [0.1, 0.15) is 20.8 Å². The predicted octanol–water partition coefficient (Wildman–Crippen LogP) is 0.696. The van der Waals surface area contributed by atoms with Gasteiger partial charge in [0.15, 0.2) is 0 Å². The van der Waals surface area contributed by atoms with E-state index in [-0.39, 0.29) is 18.6 Å². The van der Waals surface area contributed by atoms with E-state index in [1.165, 1.54) is 6.08 Å². The number of carbonyl (C=O) groups excluding carboxylic acids is 1. The highest BCUT2D eigenvalue weighted by atomic mass is 16.3. The van der Waals surface area contributed by atoms with Crippen molar-refractivity contribution in [2.24, 2.45) is 5.41 Å². The van der Waals surface area contributed by atoms with E-state index in [0.717, 1.165) is 0 Å². The fourth-order valence-corrected chi connectivity index (χ4v) is 0.564. The van der Waals surface area contributed by atoms with Crippen molar-refractivity contribution >= 4 is 5.91 Å². The van der Waals surface area contributed by atoms with E-state index in [1.807, 2.05) is 20.8 Å². The molecule has 12 heavy (non-hydrogen) atoms. The molecule has 0 aromatic heterocycles. The van der Waals surface area contributed by atoms with Crippen LogP contribution in [0.25, 0.3) is 0 Å². The maximum atomic E-state index is 11.3. The first-order valence-electron chi connectivity index (χ1n) is 3.96. The quantitative estimate of drug-likeness (QED) is 0.614. The Hall–Kier alpha value is -0.830. The first-order chi connectivity index (χ1) is 5.41. The van der Waals surface area contributed by atoms with Gasteiger partial charge in [-0.05, 0) is 0 Å². The van der Waals surface area contributed by atoms with Crippen LogP contribution in [0.3, 0.4) is 0 Å². The van der Waals surface area contributed by atoms with Crippen LogP contribution in [0, 0.1) is 5.41 Å². The predicted molar refractivity (Wildman–Crippen MR) is 48.7 cm³/mol. The van der Waals surface area contributed by atoms with Gasteiger partial charge >= 0.3 is 0 Å². The lowest BCUT2D eigenvalue weighted by Crippen LogP contribution is -2.42. The van der Waals surface area contributed by atoms with Gasteiger partial charge in [-0.15, -0.1) is 6.58 Å². The summed E-state index contributed by atoms with van der Waals surface area (Å²) in [6, 6.07) is -0.336. The zero-order valence-electron chi connectivity index (χ0n) is 7.92. The van der Waals surface area contributed by atoms with Crippen LogP contribution in [-0.2, 0) is 4.79 Å². The van der Waals surface area contributed by atoms with Crippen molar-refractivity contribution in [1.82, 2.24) is 5.32 Å². The van der Waals surface area contributed by atoms with Gasteiger partial charge in [0.25, 0.3) is 0 Å². The Morgan fingerprint density at radius 1 is 1.67 bits per heavy atom. The molecule has 0 saturated heterocycles. The molecule has 0 aliphatic rings. The van der Waals surface area contributed by atoms with Gasteiger partial charge in [-0.3, -0.25) is 4.79 Å². The summed E-state index contributed by atoms with van der Waals surface area (Å²) in [5.74, 6) is -0.0820. The van der Waals surface area contributed by atoms with Crippen LogP contribution < -0.4 is 5.32 Å². The van der Waals surface area contributed by atoms with Crippen molar-refractivity contribution in [3.63, 3.8) is 0 Å². The van der Waals surface area contributed by atoms with Gasteiger partial charge in [-0.2, -0.15) is 0 Å². The number of carbonyl (C=O) groups is 1. The van der Waals surface area contributed by atoms with Crippen LogP contribution >= 0.6 is 0 Å². The largest absolute Gasteiger partial charge is 0.394 e. The summed E-state index contributed by atoms with van der Waals surface area (Å²) in [6.45, 7) is 8.84. The van der Waals surface area contributed by atoms with Crippen LogP contribution in [0.4, 0.5) is 0 Å². The molecule has 0 aromatic rings. The van der Waals surface area contributed by atoms with Gasteiger partial charge in [0.05, 0.1) is 12.6 Å². The molecule has 0 heterocycles. The Morgan fingerprint density at radius 2 is 2.17 bits per heavy atom. The molecule has 0 aliphatic carbocycles. The number of hydrogen-bond donors (Lipinski definition) is 2. The summed E-state index contributed by atoms with van der Waals surface area (Å²) in [7, 11) is 0. The maximum absolute atomic E-state index is 11.3. The minimum atomic E-state index is -0.420. The van der Waals surface area contributed by atoms with E-state index in [2.05, 4.69) is 11.9 Å². The van der Waals surface area contributed by atoms with Gasteiger partial charge in [0.2, 0.25) is 5.91 Å². The van der Waals surface area contributed by atoms with Gasteiger partial charge < -0.3 is 10.4 Å². The standard InChI is InChI=1S/C9H17NO2/c1-5-7(6-11)10-8(12)9(2,3)4/h5,7,11H,1,6H2,2-4H3,(H,10,12). The lowest BCUT2D eigenvalue weighted by molar-refractivity contribution is -0.129. The fourth-order valence-electron chi connectivity index (χ4n) is 0.564. The van der Waals surface area contributed by atoms with E-state index in [0.29, 0.717) is 0 Å². The Kier molecular flexibility index (Phi) is 3.96. The lowest BCUT2D eigenvalue weighted by atomic mass is 9.95. The molecule has 1 unspecified atom stereocenters. The SMILES string of the molecule is C=CC(CO)NC(=O)C(C)(C)C. The molecular weight excluding hydrogens is 154 g/mol. The molecule has 0 radical (unpaired) electrons. The molecular formula is C9H17NO2. The second-order valence-electron chi connectivity index (χ2n) is 3.75. The Morgan fingerprint density at radius 3 is 2.42 bits per heavy atom. The molecule has 2 N–H and O–H groups in total. The van der Waals surface area contributed by atoms with Gasteiger partial charge in [0, 0.05) is 5.41 Å².